The summed E-state index contributed by atoms with van der Waals surface area (Å²) in [6.07, 6.45) is 0.715. The Morgan fingerprint density at radius 1 is 1.57 bits per heavy atom. The fraction of sp³-hybridized carbons (Fsp3) is 0.364. The molecule has 0 spiro atoms. The summed E-state index contributed by atoms with van der Waals surface area (Å²) in [4.78, 5) is 10.8. The third-order valence-corrected chi connectivity index (χ3v) is 2.22. The number of rotatable bonds is 3. The predicted octanol–water partition coefficient (Wildman–Crippen LogP) is 1.58. The van der Waals surface area contributed by atoms with Crippen LogP contribution in [0.15, 0.2) is 18.2 Å². The van der Waals surface area contributed by atoms with Gasteiger partial charge < -0.3 is 10.8 Å². The van der Waals surface area contributed by atoms with Crippen molar-refractivity contribution in [2.75, 3.05) is 0 Å². The van der Waals surface area contributed by atoms with Crippen LogP contribution in [0.1, 0.15) is 28.4 Å². The fourth-order valence-electron chi connectivity index (χ4n) is 1.48. The maximum atomic E-state index is 10.8. The molecule has 1 aromatic carbocycles. The molecule has 0 aromatic heterocycles. The van der Waals surface area contributed by atoms with Gasteiger partial charge in [0.2, 0.25) is 0 Å². The first-order valence-corrected chi connectivity index (χ1v) is 4.59. The van der Waals surface area contributed by atoms with E-state index in [9.17, 15) is 4.79 Å². The van der Waals surface area contributed by atoms with Crippen molar-refractivity contribution in [2.24, 2.45) is 5.73 Å². The van der Waals surface area contributed by atoms with Gasteiger partial charge in [0.25, 0.3) is 0 Å². The Hall–Kier alpha value is -1.35. The van der Waals surface area contributed by atoms with Crippen LogP contribution >= 0.6 is 0 Å². The van der Waals surface area contributed by atoms with E-state index in [1.165, 1.54) is 0 Å². The van der Waals surface area contributed by atoms with E-state index in [1.807, 2.05) is 19.9 Å². The van der Waals surface area contributed by atoms with Crippen LogP contribution in [0.4, 0.5) is 0 Å². The summed E-state index contributed by atoms with van der Waals surface area (Å²) >= 11 is 0. The molecule has 3 nitrogen and oxygen atoms in total. The maximum absolute atomic E-state index is 10.8. The minimum absolute atomic E-state index is 0.0535. The van der Waals surface area contributed by atoms with Crippen molar-refractivity contribution < 1.29 is 9.90 Å². The Morgan fingerprint density at radius 3 is 2.71 bits per heavy atom. The van der Waals surface area contributed by atoms with Gasteiger partial charge in [0.1, 0.15) is 0 Å². The van der Waals surface area contributed by atoms with Gasteiger partial charge in [-0.1, -0.05) is 12.1 Å². The summed E-state index contributed by atoms with van der Waals surface area (Å²) in [6.45, 7) is 3.73. The average molecular weight is 193 g/mol. The molecular formula is C11H15NO2. The largest absolute Gasteiger partial charge is 0.478 e. The normalized spacial score (nSPS) is 12.5. The topological polar surface area (TPSA) is 63.3 Å². The Bertz CT molecular complexity index is 345. The zero-order chi connectivity index (χ0) is 10.7. The molecule has 3 heteroatoms. The van der Waals surface area contributed by atoms with Gasteiger partial charge in [0.05, 0.1) is 5.56 Å². The number of carbonyl (C=O) groups is 1. The molecule has 0 unspecified atom stereocenters. The van der Waals surface area contributed by atoms with Gasteiger partial charge in [0, 0.05) is 6.04 Å². The zero-order valence-corrected chi connectivity index (χ0v) is 8.45. The highest BCUT2D eigenvalue weighted by Gasteiger charge is 2.10. The number of nitrogens with two attached hydrogens (primary N) is 1. The van der Waals surface area contributed by atoms with Crippen LogP contribution < -0.4 is 5.73 Å². The third-order valence-electron chi connectivity index (χ3n) is 2.22. The molecule has 0 saturated carbocycles. The average Bonchev–Trinajstić information content (AvgIpc) is 2.07. The summed E-state index contributed by atoms with van der Waals surface area (Å²) in [7, 11) is 0. The van der Waals surface area contributed by atoms with Gasteiger partial charge in [-0.2, -0.15) is 0 Å². The lowest BCUT2D eigenvalue weighted by molar-refractivity contribution is 0.0696. The van der Waals surface area contributed by atoms with Crippen molar-refractivity contribution in [2.45, 2.75) is 26.3 Å². The number of hydrogen-bond acceptors (Lipinski definition) is 2. The number of hydrogen-bond donors (Lipinski definition) is 2. The second-order valence-corrected chi connectivity index (χ2v) is 3.58. The van der Waals surface area contributed by atoms with E-state index in [0.717, 1.165) is 11.1 Å². The first-order valence-electron chi connectivity index (χ1n) is 4.59. The molecule has 0 fully saturated rings. The Kier molecular flexibility index (Phi) is 3.25. The lowest BCUT2D eigenvalue weighted by Crippen LogP contribution is -2.19. The Morgan fingerprint density at radius 2 is 2.21 bits per heavy atom. The van der Waals surface area contributed by atoms with E-state index >= 15 is 0 Å². The molecule has 0 aliphatic heterocycles. The standard InChI is InChI=1S/C11H15NO2/c1-7(12)6-9-4-3-5-10(8(9)2)11(13)14/h3-5,7H,6,12H2,1-2H3,(H,13,14)/t7-/m1/s1. The molecule has 0 aliphatic carbocycles. The van der Waals surface area contributed by atoms with Crippen molar-refractivity contribution in [1.29, 1.82) is 0 Å². The molecule has 1 rings (SSSR count). The molecule has 1 atom stereocenters. The van der Waals surface area contributed by atoms with Crippen LogP contribution in [-0.2, 0) is 6.42 Å². The van der Waals surface area contributed by atoms with E-state index in [-0.39, 0.29) is 6.04 Å². The SMILES string of the molecule is Cc1c(C[C@@H](C)N)cccc1C(=O)O. The van der Waals surface area contributed by atoms with Gasteiger partial charge >= 0.3 is 5.97 Å². The van der Waals surface area contributed by atoms with E-state index in [0.29, 0.717) is 12.0 Å². The summed E-state index contributed by atoms with van der Waals surface area (Å²) in [5, 5.41) is 8.89. The molecule has 14 heavy (non-hydrogen) atoms. The van der Waals surface area contributed by atoms with Gasteiger partial charge in [-0.3, -0.25) is 0 Å². The minimum Gasteiger partial charge on any atom is -0.478 e. The molecule has 3 N–H and O–H groups in total. The number of carboxylic acid groups (broad SMARTS) is 1. The first kappa shape index (κ1) is 10.7. The highest BCUT2D eigenvalue weighted by molar-refractivity contribution is 5.89. The molecule has 0 amide bonds. The van der Waals surface area contributed by atoms with Crippen LogP contribution in [-0.4, -0.2) is 17.1 Å². The lowest BCUT2D eigenvalue weighted by atomic mass is 9.98. The van der Waals surface area contributed by atoms with E-state index in [1.54, 1.807) is 12.1 Å². The first-order chi connectivity index (χ1) is 6.52. The van der Waals surface area contributed by atoms with Crippen LogP contribution in [0.3, 0.4) is 0 Å². The number of benzene rings is 1. The molecule has 76 valence electrons. The summed E-state index contributed by atoms with van der Waals surface area (Å²) in [5.74, 6) is -0.881. The van der Waals surface area contributed by atoms with Crippen LogP contribution in [0.5, 0.6) is 0 Å². The summed E-state index contributed by atoms with van der Waals surface area (Å²) in [5.41, 5.74) is 7.87. The Labute approximate surface area is 83.6 Å². The molecule has 0 bridgehead atoms. The number of aromatic carboxylic acids is 1. The quantitative estimate of drug-likeness (QED) is 0.766. The summed E-state index contributed by atoms with van der Waals surface area (Å²) in [6, 6.07) is 5.35. The van der Waals surface area contributed by atoms with Crippen molar-refractivity contribution in [3.05, 3.63) is 34.9 Å². The fourth-order valence-corrected chi connectivity index (χ4v) is 1.48. The lowest BCUT2D eigenvalue weighted by Gasteiger charge is -2.10. The van der Waals surface area contributed by atoms with Gasteiger partial charge in [-0.05, 0) is 37.5 Å². The molecule has 0 radical (unpaired) electrons. The molecule has 0 saturated heterocycles. The van der Waals surface area contributed by atoms with Gasteiger partial charge in [-0.25, -0.2) is 4.79 Å². The smallest absolute Gasteiger partial charge is 0.335 e. The molecular weight excluding hydrogens is 178 g/mol. The maximum Gasteiger partial charge on any atom is 0.335 e. The second-order valence-electron chi connectivity index (χ2n) is 3.58. The van der Waals surface area contributed by atoms with Crippen LogP contribution in [0.2, 0.25) is 0 Å². The predicted molar refractivity (Wildman–Crippen MR) is 55.5 cm³/mol. The van der Waals surface area contributed by atoms with Gasteiger partial charge in [-0.15, -0.1) is 0 Å². The minimum atomic E-state index is -0.881. The van der Waals surface area contributed by atoms with E-state index in [2.05, 4.69) is 0 Å². The van der Waals surface area contributed by atoms with E-state index < -0.39 is 5.97 Å². The number of carboxylic acids is 1. The van der Waals surface area contributed by atoms with Crippen LogP contribution in [0, 0.1) is 6.92 Å². The zero-order valence-electron chi connectivity index (χ0n) is 8.45. The Balaban J connectivity index is 3.07. The van der Waals surface area contributed by atoms with Crippen molar-refractivity contribution >= 4 is 5.97 Å². The highest BCUT2D eigenvalue weighted by Crippen LogP contribution is 2.15. The van der Waals surface area contributed by atoms with Crippen molar-refractivity contribution in [1.82, 2.24) is 0 Å². The van der Waals surface area contributed by atoms with E-state index in [4.69, 9.17) is 10.8 Å². The van der Waals surface area contributed by atoms with Crippen molar-refractivity contribution in [3.8, 4) is 0 Å². The summed E-state index contributed by atoms with van der Waals surface area (Å²) < 4.78 is 0. The molecule has 0 heterocycles. The van der Waals surface area contributed by atoms with Crippen molar-refractivity contribution in [3.63, 3.8) is 0 Å². The monoisotopic (exact) mass is 193 g/mol. The molecule has 0 aliphatic rings. The highest BCUT2D eigenvalue weighted by atomic mass is 16.4. The molecule has 1 aromatic rings. The van der Waals surface area contributed by atoms with Gasteiger partial charge in [0.15, 0.2) is 0 Å². The van der Waals surface area contributed by atoms with Crippen LogP contribution in [0.25, 0.3) is 0 Å². The second kappa shape index (κ2) is 4.24. The third kappa shape index (κ3) is 2.33.